The molecule has 0 spiro atoms. The maximum atomic E-state index is 13.7. The van der Waals surface area contributed by atoms with Crippen molar-refractivity contribution < 1.29 is 4.39 Å². The fraction of sp³-hybridized carbons (Fsp3) is 0.294. The fourth-order valence-electron chi connectivity index (χ4n) is 2.28. The molecule has 3 heteroatoms. The molecule has 0 saturated carbocycles. The third-order valence-electron chi connectivity index (χ3n) is 3.91. The standard InChI is InChI=1S/C17H19ClFS/c1-11-9-17(14(4)13(3)12(11)2)20(10-19)16-7-5-15(18)6-8-16/h5-9H,10H2,1-4H3/q+1. The zero-order valence-electron chi connectivity index (χ0n) is 12.3. The average molecular weight is 310 g/mol. The Balaban J connectivity index is 2.55. The third kappa shape index (κ3) is 2.87. The van der Waals surface area contributed by atoms with Crippen LogP contribution in [0.5, 0.6) is 0 Å². The lowest BCUT2D eigenvalue weighted by Gasteiger charge is -2.13. The molecule has 0 saturated heterocycles. The average Bonchev–Trinajstić information content (AvgIpc) is 2.44. The summed E-state index contributed by atoms with van der Waals surface area (Å²) in [7, 11) is -0.532. The highest BCUT2D eigenvalue weighted by Crippen LogP contribution is 2.31. The van der Waals surface area contributed by atoms with Gasteiger partial charge in [-0.2, -0.15) is 4.39 Å². The van der Waals surface area contributed by atoms with Crippen LogP contribution in [0.1, 0.15) is 22.3 Å². The normalized spacial score (nSPS) is 12.5. The van der Waals surface area contributed by atoms with E-state index in [1.54, 1.807) is 0 Å². The molecule has 2 aromatic carbocycles. The monoisotopic (exact) mass is 309 g/mol. The molecule has 0 bridgehead atoms. The summed E-state index contributed by atoms with van der Waals surface area (Å²) in [6.45, 7) is 8.41. The number of aryl methyl sites for hydroxylation is 1. The van der Waals surface area contributed by atoms with E-state index in [0.29, 0.717) is 5.02 Å². The molecule has 106 valence electrons. The summed E-state index contributed by atoms with van der Waals surface area (Å²) in [5.74, 6) is 0. The first kappa shape index (κ1) is 15.4. The summed E-state index contributed by atoms with van der Waals surface area (Å²) >= 11 is 5.92. The van der Waals surface area contributed by atoms with Gasteiger partial charge in [-0.25, -0.2) is 0 Å². The first-order chi connectivity index (χ1) is 9.45. The van der Waals surface area contributed by atoms with E-state index in [0.717, 1.165) is 9.79 Å². The summed E-state index contributed by atoms with van der Waals surface area (Å²) < 4.78 is 13.7. The molecule has 0 aliphatic carbocycles. The Hall–Kier alpha value is -0.990. The van der Waals surface area contributed by atoms with Crippen LogP contribution in [-0.4, -0.2) is 6.01 Å². The Bertz CT molecular complexity index is 620. The number of hydrogen-bond acceptors (Lipinski definition) is 0. The van der Waals surface area contributed by atoms with Crippen molar-refractivity contribution in [1.82, 2.24) is 0 Å². The molecule has 0 fully saturated rings. The van der Waals surface area contributed by atoms with E-state index in [1.807, 2.05) is 24.3 Å². The zero-order chi connectivity index (χ0) is 14.9. The van der Waals surface area contributed by atoms with Crippen molar-refractivity contribution >= 4 is 22.5 Å². The highest BCUT2D eigenvalue weighted by atomic mass is 35.5. The summed E-state index contributed by atoms with van der Waals surface area (Å²) in [5.41, 5.74) is 4.98. The summed E-state index contributed by atoms with van der Waals surface area (Å²) in [5, 5.41) is 0.684. The van der Waals surface area contributed by atoms with Gasteiger partial charge >= 0.3 is 0 Å². The Kier molecular flexibility index (Phi) is 4.77. The van der Waals surface area contributed by atoms with Crippen molar-refractivity contribution in [2.75, 3.05) is 6.01 Å². The van der Waals surface area contributed by atoms with Gasteiger partial charge < -0.3 is 0 Å². The minimum atomic E-state index is -0.532. The molecule has 0 radical (unpaired) electrons. The third-order valence-corrected chi connectivity index (χ3v) is 6.17. The minimum absolute atomic E-state index is 0.371. The lowest BCUT2D eigenvalue weighted by atomic mass is 10.00. The van der Waals surface area contributed by atoms with Gasteiger partial charge in [-0.15, -0.1) is 0 Å². The van der Waals surface area contributed by atoms with Gasteiger partial charge in [0.05, 0.1) is 10.9 Å². The van der Waals surface area contributed by atoms with Crippen LogP contribution in [0.4, 0.5) is 4.39 Å². The smallest absolute Gasteiger partial charge is 0.192 e. The van der Waals surface area contributed by atoms with Crippen LogP contribution in [0.25, 0.3) is 0 Å². The maximum absolute atomic E-state index is 13.7. The Labute approximate surface area is 128 Å². The van der Waals surface area contributed by atoms with E-state index >= 15 is 0 Å². The lowest BCUT2D eigenvalue weighted by Crippen LogP contribution is -2.09. The molecule has 0 amide bonds. The van der Waals surface area contributed by atoms with Gasteiger partial charge in [0, 0.05) is 10.6 Å². The Morgan fingerprint density at radius 3 is 2.10 bits per heavy atom. The van der Waals surface area contributed by atoms with Crippen LogP contribution >= 0.6 is 11.6 Å². The molecule has 1 unspecified atom stereocenters. The van der Waals surface area contributed by atoms with Gasteiger partial charge in [-0.1, -0.05) is 11.6 Å². The number of halogens is 2. The second-order valence-electron chi connectivity index (χ2n) is 5.02. The van der Waals surface area contributed by atoms with Crippen LogP contribution in [0.3, 0.4) is 0 Å². The Morgan fingerprint density at radius 1 is 0.950 bits per heavy atom. The first-order valence-electron chi connectivity index (χ1n) is 6.55. The van der Waals surface area contributed by atoms with Crippen LogP contribution in [0, 0.1) is 27.7 Å². The van der Waals surface area contributed by atoms with Gasteiger partial charge in [-0.05, 0) is 74.7 Å². The first-order valence-corrected chi connectivity index (χ1v) is 8.32. The van der Waals surface area contributed by atoms with E-state index in [9.17, 15) is 4.39 Å². The fourth-order valence-corrected chi connectivity index (χ4v) is 4.21. The van der Waals surface area contributed by atoms with Crippen molar-refractivity contribution in [2.45, 2.75) is 37.5 Å². The number of rotatable bonds is 3. The topological polar surface area (TPSA) is 0 Å². The van der Waals surface area contributed by atoms with E-state index < -0.39 is 10.9 Å². The predicted octanol–water partition coefficient (Wildman–Crippen LogP) is 5.54. The molecular weight excluding hydrogens is 291 g/mol. The van der Waals surface area contributed by atoms with Crippen LogP contribution < -0.4 is 0 Å². The molecule has 2 rings (SSSR count). The van der Waals surface area contributed by atoms with Crippen LogP contribution in [-0.2, 0) is 10.9 Å². The van der Waals surface area contributed by atoms with Crippen molar-refractivity contribution in [3.8, 4) is 0 Å². The molecule has 0 aliphatic rings. The molecule has 2 aromatic rings. The molecule has 0 aliphatic heterocycles. The molecule has 0 nitrogen and oxygen atoms in total. The SMILES string of the molecule is Cc1cc([S+](CF)c2ccc(Cl)cc2)c(C)c(C)c1C. The molecule has 1 atom stereocenters. The highest BCUT2D eigenvalue weighted by molar-refractivity contribution is 7.96. The zero-order valence-corrected chi connectivity index (χ0v) is 13.8. The maximum Gasteiger partial charge on any atom is 0.256 e. The van der Waals surface area contributed by atoms with E-state index in [4.69, 9.17) is 11.6 Å². The number of alkyl halides is 1. The summed E-state index contributed by atoms with van der Waals surface area (Å²) in [6.07, 6.45) is 0. The molecule has 0 heterocycles. The summed E-state index contributed by atoms with van der Waals surface area (Å²) in [4.78, 5) is 2.11. The second-order valence-corrected chi connectivity index (χ2v) is 7.37. The summed E-state index contributed by atoms with van der Waals surface area (Å²) in [6, 6.07) is 9.27. The number of benzene rings is 2. The van der Waals surface area contributed by atoms with Crippen molar-refractivity contribution in [3.63, 3.8) is 0 Å². The molecular formula is C17H19ClFS+. The van der Waals surface area contributed by atoms with Gasteiger partial charge in [0.25, 0.3) is 6.01 Å². The molecule has 0 N–H and O–H groups in total. The van der Waals surface area contributed by atoms with E-state index in [1.165, 1.54) is 22.3 Å². The van der Waals surface area contributed by atoms with Gasteiger partial charge in [0.1, 0.15) is 0 Å². The van der Waals surface area contributed by atoms with Gasteiger partial charge in [0.15, 0.2) is 9.79 Å². The molecule has 0 aromatic heterocycles. The van der Waals surface area contributed by atoms with Crippen LogP contribution in [0.15, 0.2) is 40.1 Å². The largest absolute Gasteiger partial charge is 0.256 e. The van der Waals surface area contributed by atoms with Crippen molar-refractivity contribution in [3.05, 3.63) is 57.6 Å². The second kappa shape index (κ2) is 6.19. The van der Waals surface area contributed by atoms with Crippen molar-refractivity contribution in [1.29, 1.82) is 0 Å². The molecule has 20 heavy (non-hydrogen) atoms. The van der Waals surface area contributed by atoms with E-state index in [2.05, 4.69) is 33.8 Å². The van der Waals surface area contributed by atoms with Gasteiger partial charge in [-0.3, -0.25) is 0 Å². The highest BCUT2D eigenvalue weighted by Gasteiger charge is 2.28. The van der Waals surface area contributed by atoms with E-state index in [-0.39, 0.29) is 6.01 Å². The Morgan fingerprint density at radius 2 is 1.55 bits per heavy atom. The lowest BCUT2D eigenvalue weighted by molar-refractivity contribution is 0.600. The quantitative estimate of drug-likeness (QED) is 0.653. The number of hydrogen-bond donors (Lipinski definition) is 0. The van der Waals surface area contributed by atoms with Crippen LogP contribution in [0.2, 0.25) is 5.02 Å². The van der Waals surface area contributed by atoms with Gasteiger partial charge in [0.2, 0.25) is 0 Å². The van der Waals surface area contributed by atoms with Crippen molar-refractivity contribution in [2.24, 2.45) is 0 Å². The predicted molar refractivity (Wildman–Crippen MR) is 86.7 cm³/mol. The minimum Gasteiger partial charge on any atom is -0.192 e.